The SMILES string of the molecule is O=C(O)CC[C@H]1CN(S(=O)(=O)c2cccc(OC(F)F)c2)c2cc(/C=C/c3ncccc3Cl)ccc2O1. The van der Waals surface area contributed by atoms with E-state index in [1.165, 1.54) is 18.2 Å². The van der Waals surface area contributed by atoms with Gasteiger partial charge in [0.25, 0.3) is 10.0 Å². The van der Waals surface area contributed by atoms with Gasteiger partial charge in [0, 0.05) is 18.7 Å². The number of aliphatic carboxylic acids is 1. The highest BCUT2D eigenvalue weighted by atomic mass is 35.5. The Hall–Kier alpha value is -3.70. The molecule has 194 valence electrons. The molecule has 1 aliphatic heterocycles. The molecular weight excluding hydrogens is 530 g/mol. The van der Waals surface area contributed by atoms with Gasteiger partial charge in [-0.15, -0.1) is 0 Å². The predicted molar refractivity (Wildman–Crippen MR) is 134 cm³/mol. The van der Waals surface area contributed by atoms with Crippen molar-refractivity contribution in [3.63, 3.8) is 0 Å². The molecule has 37 heavy (non-hydrogen) atoms. The number of carboxylic acids is 1. The number of nitrogens with zero attached hydrogens (tertiary/aromatic N) is 2. The van der Waals surface area contributed by atoms with Gasteiger partial charge in [-0.3, -0.25) is 14.1 Å². The third-order valence-corrected chi connectivity index (χ3v) is 7.53. The smallest absolute Gasteiger partial charge is 0.387 e. The fraction of sp³-hybridized carbons (Fsp3) is 0.200. The van der Waals surface area contributed by atoms with E-state index in [1.807, 2.05) is 0 Å². The average molecular weight is 551 g/mol. The minimum absolute atomic E-state index is 0.0646. The second-order valence-corrected chi connectivity index (χ2v) is 10.3. The Kier molecular flexibility index (Phi) is 7.94. The first-order chi connectivity index (χ1) is 17.6. The van der Waals surface area contributed by atoms with Crippen LogP contribution in [0.1, 0.15) is 24.1 Å². The van der Waals surface area contributed by atoms with Crippen molar-refractivity contribution >= 4 is 45.4 Å². The van der Waals surface area contributed by atoms with E-state index < -0.39 is 28.7 Å². The van der Waals surface area contributed by atoms with Gasteiger partial charge < -0.3 is 14.6 Å². The number of rotatable bonds is 9. The van der Waals surface area contributed by atoms with E-state index in [0.29, 0.717) is 16.3 Å². The number of benzene rings is 2. The number of alkyl halides is 2. The van der Waals surface area contributed by atoms with Crippen LogP contribution in [0.15, 0.2) is 65.7 Å². The van der Waals surface area contributed by atoms with E-state index in [0.717, 1.165) is 10.4 Å². The monoisotopic (exact) mass is 550 g/mol. The lowest BCUT2D eigenvalue weighted by Gasteiger charge is -2.35. The van der Waals surface area contributed by atoms with E-state index in [4.69, 9.17) is 21.4 Å². The second kappa shape index (κ2) is 11.1. The molecule has 2 aromatic carbocycles. The minimum atomic E-state index is -4.27. The van der Waals surface area contributed by atoms with Crippen LogP contribution < -0.4 is 13.8 Å². The minimum Gasteiger partial charge on any atom is -0.486 e. The molecule has 2 heterocycles. The third-order valence-electron chi connectivity index (χ3n) is 5.43. The Morgan fingerprint density at radius 2 is 2.03 bits per heavy atom. The Bertz CT molecular complexity index is 1430. The normalized spacial score (nSPS) is 15.5. The number of fused-ring (bicyclic) bond motifs is 1. The van der Waals surface area contributed by atoms with Crippen LogP contribution in [0.3, 0.4) is 0 Å². The molecule has 1 N–H and O–H groups in total. The summed E-state index contributed by atoms with van der Waals surface area (Å²) in [6, 6.07) is 13.1. The van der Waals surface area contributed by atoms with Gasteiger partial charge in [-0.25, -0.2) is 8.42 Å². The van der Waals surface area contributed by atoms with E-state index in [9.17, 15) is 22.0 Å². The number of anilines is 1. The molecule has 0 radical (unpaired) electrons. The molecule has 0 unspecified atom stereocenters. The number of sulfonamides is 1. The predicted octanol–water partition coefficient (Wildman–Crippen LogP) is 5.33. The maximum atomic E-state index is 13.7. The molecule has 1 aromatic heterocycles. The summed E-state index contributed by atoms with van der Waals surface area (Å²) >= 11 is 6.15. The molecule has 1 aliphatic rings. The topological polar surface area (TPSA) is 106 Å². The van der Waals surface area contributed by atoms with Crippen LogP contribution in [0.5, 0.6) is 11.5 Å². The Morgan fingerprint density at radius 3 is 2.76 bits per heavy atom. The average Bonchev–Trinajstić information content (AvgIpc) is 2.86. The van der Waals surface area contributed by atoms with Gasteiger partial charge in [-0.05, 0) is 54.5 Å². The van der Waals surface area contributed by atoms with Crippen molar-refractivity contribution in [1.29, 1.82) is 0 Å². The number of halogens is 3. The van der Waals surface area contributed by atoms with Gasteiger partial charge in [-0.1, -0.05) is 29.8 Å². The van der Waals surface area contributed by atoms with Gasteiger partial charge in [-0.2, -0.15) is 8.78 Å². The molecular formula is C25H21ClF2N2O6S. The van der Waals surface area contributed by atoms with Crippen molar-refractivity contribution in [2.45, 2.75) is 30.5 Å². The molecule has 1 atom stereocenters. The molecule has 0 saturated carbocycles. The summed E-state index contributed by atoms with van der Waals surface area (Å²) in [5.41, 5.74) is 1.34. The van der Waals surface area contributed by atoms with Gasteiger partial charge >= 0.3 is 12.6 Å². The second-order valence-electron chi connectivity index (χ2n) is 7.99. The first-order valence-electron chi connectivity index (χ1n) is 11.0. The Labute approximate surface area is 216 Å². The van der Waals surface area contributed by atoms with E-state index in [2.05, 4.69) is 9.72 Å². The van der Waals surface area contributed by atoms with Crippen LogP contribution >= 0.6 is 11.6 Å². The molecule has 0 bridgehead atoms. The molecule has 4 rings (SSSR count). The molecule has 8 nitrogen and oxygen atoms in total. The maximum absolute atomic E-state index is 13.7. The summed E-state index contributed by atoms with van der Waals surface area (Å²) < 4.78 is 64.1. The summed E-state index contributed by atoms with van der Waals surface area (Å²) in [4.78, 5) is 15.0. The summed E-state index contributed by atoms with van der Waals surface area (Å²) in [5, 5.41) is 9.51. The summed E-state index contributed by atoms with van der Waals surface area (Å²) in [7, 11) is -4.27. The zero-order valence-corrected chi connectivity index (χ0v) is 20.7. The number of hydrogen-bond donors (Lipinski definition) is 1. The van der Waals surface area contributed by atoms with Crippen LogP contribution in [0.2, 0.25) is 5.02 Å². The van der Waals surface area contributed by atoms with Crippen molar-refractivity contribution in [3.05, 3.63) is 77.1 Å². The van der Waals surface area contributed by atoms with Crippen molar-refractivity contribution in [3.8, 4) is 11.5 Å². The van der Waals surface area contributed by atoms with Crippen molar-refractivity contribution < 1.29 is 36.6 Å². The molecule has 0 amide bonds. The van der Waals surface area contributed by atoms with Gasteiger partial charge in [0.15, 0.2) is 0 Å². The van der Waals surface area contributed by atoms with E-state index in [1.54, 1.807) is 48.7 Å². The lowest BCUT2D eigenvalue weighted by atomic mass is 10.1. The molecule has 12 heteroatoms. The highest BCUT2D eigenvalue weighted by molar-refractivity contribution is 7.92. The maximum Gasteiger partial charge on any atom is 0.387 e. The third kappa shape index (κ3) is 6.36. The molecule has 0 aliphatic carbocycles. The zero-order valence-electron chi connectivity index (χ0n) is 19.1. The van der Waals surface area contributed by atoms with Crippen molar-refractivity contribution in [2.24, 2.45) is 0 Å². The number of carboxylic acid groups (broad SMARTS) is 1. The standard InChI is InChI=1S/C25H21ClF2N2O6S/c26-20-5-2-12-29-21(20)9-6-16-7-10-23-22(13-16)30(15-18(35-23)8-11-24(31)32)37(33,34)19-4-1-3-17(14-19)36-25(27)28/h1-7,9-10,12-14,18,25H,8,11,15H2,(H,31,32)/b9-6+/t18-/m0/s1. The number of pyridine rings is 1. The summed E-state index contributed by atoms with van der Waals surface area (Å²) in [6.07, 6.45) is 4.06. The number of ether oxygens (including phenoxy) is 2. The quantitative estimate of drug-likeness (QED) is 0.384. The summed E-state index contributed by atoms with van der Waals surface area (Å²) in [5.74, 6) is -1.12. The largest absolute Gasteiger partial charge is 0.486 e. The number of hydrogen-bond acceptors (Lipinski definition) is 6. The fourth-order valence-electron chi connectivity index (χ4n) is 3.73. The Morgan fingerprint density at radius 1 is 1.22 bits per heavy atom. The lowest BCUT2D eigenvalue weighted by Crippen LogP contribution is -2.43. The Balaban J connectivity index is 1.73. The van der Waals surface area contributed by atoms with Gasteiger partial charge in [0.2, 0.25) is 0 Å². The molecule has 0 saturated heterocycles. The van der Waals surface area contributed by atoms with E-state index >= 15 is 0 Å². The number of aromatic nitrogens is 1. The lowest BCUT2D eigenvalue weighted by molar-refractivity contribution is -0.137. The molecule has 0 spiro atoms. The zero-order chi connectivity index (χ0) is 26.6. The van der Waals surface area contributed by atoms with Crippen molar-refractivity contribution in [1.82, 2.24) is 4.98 Å². The molecule has 0 fully saturated rings. The first-order valence-corrected chi connectivity index (χ1v) is 12.8. The van der Waals surface area contributed by atoms with Gasteiger partial charge in [0.05, 0.1) is 27.8 Å². The van der Waals surface area contributed by atoms with Crippen LogP contribution in [0.25, 0.3) is 12.2 Å². The summed E-state index contributed by atoms with van der Waals surface area (Å²) in [6.45, 7) is -3.30. The fourth-order valence-corrected chi connectivity index (χ4v) is 5.45. The van der Waals surface area contributed by atoms with Gasteiger partial charge in [0.1, 0.15) is 17.6 Å². The van der Waals surface area contributed by atoms with Crippen molar-refractivity contribution in [2.75, 3.05) is 10.8 Å². The molecule has 3 aromatic rings. The van der Waals surface area contributed by atoms with Crippen LogP contribution in [-0.4, -0.2) is 43.7 Å². The highest BCUT2D eigenvalue weighted by Gasteiger charge is 2.35. The first kappa shape index (κ1) is 26.4. The van der Waals surface area contributed by atoms with Crippen LogP contribution in [-0.2, 0) is 14.8 Å². The highest BCUT2D eigenvalue weighted by Crippen LogP contribution is 2.39. The van der Waals surface area contributed by atoms with Crippen LogP contribution in [0, 0.1) is 0 Å². The van der Waals surface area contributed by atoms with E-state index in [-0.39, 0.29) is 41.5 Å². The number of carbonyl (C=O) groups is 1. The van der Waals surface area contributed by atoms with Crippen LogP contribution in [0.4, 0.5) is 14.5 Å².